The maximum Gasteiger partial charge on any atom is 0.166 e. The van der Waals surface area contributed by atoms with Gasteiger partial charge in [0.25, 0.3) is 0 Å². The van der Waals surface area contributed by atoms with Crippen LogP contribution in [0.4, 0.5) is 10.2 Å². The van der Waals surface area contributed by atoms with Crippen molar-refractivity contribution in [1.29, 1.82) is 0 Å². The molecule has 1 atom stereocenters. The van der Waals surface area contributed by atoms with E-state index in [0.717, 1.165) is 0 Å². The lowest BCUT2D eigenvalue weighted by Gasteiger charge is -2.21. The summed E-state index contributed by atoms with van der Waals surface area (Å²) >= 11 is 3.20. The Morgan fingerprint density at radius 2 is 2.19 bits per heavy atom. The summed E-state index contributed by atoms with van der Waals surface area (Å²) in [5.74, 6) is 0.728. The molecule has 2 nitrogen and oxygen atoms in total. The Morgan fingerprint density at radius 3 is 2.81 bits per heavy atom. The second kappa shape index (κ2) is 5.13. The molecule has 1 aliphatic carbocycles. The van der Waals surface area contributed by atoms with Crippen LogP contribution in [0.1, 0.15) is 32.6 Å². The van der Waals surface area contributed by atoms with Crippen LogP contribution in [0.5, 0.6) is 0 Å². The molecule has 1 unspecified atom stereocenters. The molecule has 0 radical (unpaired) electrons. The average Bonchev–Trinajstić information content (AvgIpc) is 2.75. The predicted molar refractivity (Wildman–Crippen MR) is 66.9 cm³/mol. The van der Waals surface area contributed by atoms with Gasteiger partial charge in [-0.2, -0.15) is 0 Å². The number of hydrogen-bond acceptors (Lipinski definition) is 2. The number of nitrogens with zero attached hydrogens (tertiary/aromatic N) is 1. The minimum Gasteiger partial charge on any atom is -0.365 e. The Labute approximate surface area is 104 Å². The maximum atomic E-state index is 13.5. The zero-order chi connectivity index (χ0) is 11.5. The first-order valence-corrected chi connectivity index (χ1v) is 6.53. The van der Waals surface area contributed by atoms with Crippen LogP contribution in [0.2, 0.25) is 0 Å². The smallest absolute Gasteiger partial charge is 0.166 e. The fraction of sp³-hybridized carbons (Fsp3) is 0.583. The van der Waals surface area contributed by atoms with E-state index in [1.54, 1.807) is 6.20 Å². The Hall–Kier alpha value is -0.640. The van der Waals surface area contributed by atoms with Gasteiger partial charge in [-0.15, -0.1) is 0 Å². The molecule has 0 aromatic carbocycles. The maximum absolute atomic E-state index is 13.5. The van der Waals surface area contributed by atoms with Crippen molar-refractivity contribution < 1.29 is 4.39 Å². The fourth-order valence-corrected chi connectivity index (χ4v) is 2.62. The number of pyridine rings is 1. The second-order valence-corrected chi connectivity index (χ2v) is 5.38. The monoisotopic (exact) mass is 286 g/mol. The van der Waals surface area contributed by atoms with Crippen LogP contribution in [0, 0.1) is 11.7 Å². The summed E-state index contributed by atoms with van der Waals surface area (Å²) in [5.41, 5.74) is 0. The minimum atomic E-state index is -0.292. The molecule has 0 saturated heterocycles. The first-order chi connectivity index (χ1) is 7.66. The van der Waals surface area contributed by atoms with E-state index >= 15 is 0 Å². The molecule has 4 heteroatoms. The predicted octanol–water partition coefficient (Wildman–Crippen LogP) is 3.97. The van der Waals surface area contributed by atoms with E-state index in [2.05, 4.69) is 33.2 Å². The van der Waals surface area contributed by atoms with Crippen LogP contribution in [0.15, 0.2) is 16.7 Å². The van der Waals surface area contributed by atoms with Crippen LogP contribution in [0.25, 0.3) is 0 Å². The van der Waals surface area contributed by atoms with E-state index in [-0.39, 0.29) is 5.82 Å². The largest absolute Gasteiger partial charge is 0.365 e. The lowest BCUT2D eigenvalue weighted by molar-refractivity contribution is 0.478. The summed E-state index contributed by atoms with van der Waals surface area (Å²) in [7, 11) is 0. The van der Waals surface area contributed by atoms with Gasteiger partial charge in [0, 0.05) is 16.7 Å². The van der Waals surface area contributed by atoms with Gasteiger partial charge in [0.05, 0.1) is 0 Å². The lowest BCUT2D eigenvalue weighted by atomic mass is 10.00. The standard InChI is InChI=1S/C12H16BrFN2/c1-8(9-4-2-3-5-9)16-12-11(14)6-10(13)7-15-12/h6-9H,2-5H2,1H3,(H,15,16). The third kappa shape index (κ3) is 2.73. The fourth-order valence-electron chi connectivity index (χ4n) is 2.31. The highest BCUT2D eigenvalue weighted by atomic mass is 79.9. The summed E-state index contributed by atoms with van der Waals surface area (Å²) < 4.78 is 14.2. The zero-order valence-electron chi connectivity index (χ0n) is 9.34. The van der Waals surface area contributed by atoms with Gasteiger partial charge in [-0.25, -0.2) is 9.37 Å². The van der Waals surface area contributed by atoms with Crippen LogP contribution in [-0.2, 0) is 0 Å². The minimum absolute atomic E-state index is 0.292. The van der Waals surface area contributed by atoms with Crippen LogP contribution in [-0.4, -0.2) is 11.0 Å². The highest BCUT2D eigenvalue weighted by Gasteiger charge is 2.22. The number of anilines is 1. The molecular weight excluding hydrogens is 271 g/mol. The van der Waals surface area contributed by atoms with E-state index in [1.165, 1.54) is 31.7 Å². The molecule has 0 aliphatic heterocycles. The first kappa shape index (κ1) is 11.8. The average molecular weight is 287 g/mol. The van der Waals surface area contributed by atoms with E-state index in [9.17, 15) is 4.39 Å². The topological polar surface area (TPSA) is 24.9 Å². The molecule has 2 rings (SSSR count). The molecule has 16 heavy (non-hydrogen) atoms. The highest BCUT2D eigenvalue weighted by molar-refractivity contribution is 9.10. The van der Waals surface area contributed by atoms with Crippen molar-refractivity contribution in [3.05, 3.63) is 22.6 Å². The van der Waals surface area contributed by atoms with Crippen molar-refractivity contribution in [2.24, 2.45) is 5.92 Å². The molecule has 1 fully saturated rings. The molecule has 88 valence electrons. The Kier molecular flexibility index (Phi) is 3.79. The first-order valence-electron chi connectivity index (χ1n) is 5.74. The van der Waals surface area contributed by atoms with Gasteiger partial charge in [0.15, 0.2) is 11.6 Å². The van der Waals surface area contributed by atoms with Gasteiger partial charge < -0.3 is 5.32 Å². The molecular formula is C12H16BrFN2. The molecule has 1 aromatic rings. The molecule has 1 aromatic heterocycles. The molecule has 0 amide bonds. The Balaban J connectivity index is 2.02. The third-order valence-electron chi connectivity index (χ3n) is 3.28. The summed E-state index contributed by atoms with van der Waals surface area (Å²) in [6.45, 7) is 2.11. The molecule has 1 heterocycles. The summed E-state index contributed by atoms with van der Waals surface area (Å²) in [4.78, 5) is 4.06. The Morgan fingerprint density at radius 1 is 1.50 bits per heavy atom. The second-order valence-electron chi connectivity index (χ2n) is 4.46. The zero-order valence-corrected chi connectivity index (χ0v) is 10.9. The van der Waals surface area contributed by atoms with Gasteiger partial charge >= 0.3 is 0 Å². The number of halogens is 2. The van der Waals surface area contributed by atoms with Gasteiger partial charge in [-0.05, 0) is 47.7 Å². The van der Waals surface area contributed by atoms with Crippen LogP contribution >= 0.6 is 15.9 Å². The SMILES string of the molecule is CC(Nc1ncc(Br)cc1F)C1CCCC1. The molecule has 0 spiro atoms. The quantitative estimate of drug-likeness (QED) is 0.909. The van der Waals surface area contributed by atoms with Gasteiger partial charge in [0.2, 0.25) is 0 Å². The van der Waals surface area contributed by atoms with Crippen molar-refractivity contribution in [1.82, 2.24) is 4.98 Å². The molecule has 1 N–H and O–H groups in total. The number of aromatic nitrogens is 1. The summed E-state index contributed by atoms with van der Waals surface area (Å²) in [6, 6.07) is 1.74. The lowest BCUT2D eigenvalue weighted by Crippen LogP contribution is -2.24. The van der Waals surface area contributed by atoms with E-state index in [0.29, 0.717) is 22.3 Å². The highest BCUT2D eigenvalue weighted by Crippen LogP contribution is 2.29. The van der Waals surface area contributed by atoms with Crippen molar-refractivity contribution in [2.45, 2.75) is 38.6 Å². The van der Waals surface area contributed by atoms with Crippen molar-refractivity contribution in [3.63, 3.8) is 0 Å². The number of rotatable bonds is 3. The van der Waals surface area contributed by atoms with Crippen molar-refractivity contribution >= 4 is 21.7 Å². The summed E-state index contributed by atoms with van der Waals surface area (Å²) in [5, 5.41) is 3.17. The molecule has 1 aliphatic rings. The van der Waals surface area contributed by atoms with Crippen molar-refractivity contribution in [3.8, 4) is 0 Å². The molecule has 1 saturated carbocycles. The Bertz CT molecular complexity index is 364. The van der Waals surface area contributed by atoms with E-state index < -0.39 is 0 Å². The third-order valence-corrected chi connectivity index (χ3v) is 3.71. The summed E-state index contributed by atoms with van der Waals surface area (Å²) in [6.07, 6.45) is 6.70. The number of hydrogen-bond donors (Lipinski definition) is 1. The van der Waals surface area contributed by atoms with Crippen LogP contribution < -0.4 is 5.32 Å². The van der Waals surface area contributed by atoms with Gasteiger partial charge in [0.1, 0.15) is 0 Å². The van der Waals surface area contributed by atoms with Gasteiger partial charge in [-0.3, -0.25) is 0 Å². The normalized spacial score (nSPS) is 18.7. The van der Waals surface area contributed by atoms with Gasteiger partial charge in [-0.1, -0.05) is 12.8 Å². The number of nitrogens with one attached hydrogen (secondary N) is 1. The van der Waals surface area contributed by atoms with E-state index in [1.807, 2.05) is 0 Å². The van der Waals surface area contributed by atoms with Crippen molar-refractivity contribution in [2.75, 3.05) is 5.32 Å². The van der Waals surface area contributed by atoms with Crippen LogP contribution in [0.3, 0.4) is 0 Å². The molecule has 0 bridgehead atoms. The van der Waals surface area contributed by atoms with E-state index in [4.69, 9.17) is 0 Å².